The number of amides is 2. The SMILES string of the molecule is CC(C)[C@H](NC(=O)O)C(=O)N1CCC[C@H]1c1cn(-c2ccc(B3OC(C)(C)C(C)(C)O3)cc2)nn1. The van der Waals surface area contributed by atoms with E-state index in [0.29, 0.717) is 12.2 Å². The number of aromatic nitrogens is 3. The molecule has 1 aromatic heterocycles. The molecular weight excluding hydrogens is 449 g/mol. The Kier molecular flexibility index (Phi) is 6.67. The summed E-state index contributed by atoms with van der Waals surface area (Å²) in [7, 11) is -0.438. The third-order valence-electron chi connectivity index (χ3n) is 7.28. The Hall–Kier alpha value is -2.92. The van der Waals surface area contributed by atoms with Crippen molar-refractivity contribution in [1.29, 1.82) is 0 Å². The van der Waals surface area contributed by atoms with Crippen molar-refractivity contribution >= 4 is 24.6 Å². The summed E-state index contributed by atoms with van der Waals surface area (Å²) in [4.78, 5) is 26.1. The average Bonchev–Trinajstić information content (AvgIpc) is 3.49. The van der Waals surface area contributed by atoms with E-state index in [1.807, 2.05) is 72.0 Å². The molecular formula is C24H34BN5O5. The largest absolute Gasteiger partial charge is 0.494 e. The molecule has 0 radical (unpaired) electrons. The van der Waals surface area contributed by atoms with Crippen molar-refractivity contribution in [2.24, 2.45) is 5.92 Å². The molecule has 2 aliphatic heterocycles. The predicted molar refractivity (Wildman–Crippen MR) is 131 cm³/mol. The summed E-state index contributed by atoms with van der Waals surface area (Å²) in [6.07, 6.45) is 2.20. The zero-order valence-corrected chi connectivity index (χ0v) is 21.2. The lowest BCUT2D eigenvalue weighted by atomic mass is 9.79. The number of hydrogen-bond donors (Lipinski definition) is 2. The first-order valence-electron chi connectivity index (χ1n) is 12.1. The fourth-order valence-electron chi connectivity index (χ4n) is 4.48. The van der Waals surface area contributed by atoms with E-state index in [9.17, 15) is 9.59 Å². The summed E-state index contributed by atoms with van der Waals surface area (Å²) in [5.41, 5.74) is 1.62. The monoisotopic (exact) mass is 483 g/mol. The molecule has 2 fully saturated rings. The van der Waals surface area contributed by atoms with E-state index < -0.39 is 30.5 Å². The normalized spacial score (nSPS) is 22.0. The van der Waals surface area contributed by atoms with Gasteiger partial charge < -0.3 is 24.6 Å². The Balaban J connectivity index is 1.49. The van der Waals surface area contributed by atoms with Crippen LogP contribution in [0.4, 0.5) is 4.79 Å². The maximum Gasteiger partial charge on any atom is 0.494 e. The smallest absolute Gasteiger partial charge is 0.465 e. The summed E-state index contributed by atoms with van der Waals surface area (Å²) in [5.74, 6) is -0.399. The molecule has 0 aliphatic carbocycles. The van der Waals surface area contributed by atoms with Crippen LogP contribution in [0.25, 0.3) is 5.69 Å². The van der Waals surface area contributed by atoms with Gasteiger partial charge in [0, 0.05) is 6.54 Å². The standard InChI is InChI=1S/C24H34BN5O5/c1-15(2)20(26-22(32)33)21(31)29-13-7-8-19(29)18-14-30(28-27-18)17-11-9-16(10-12-17)25-34-23(3,4)24(5,6)35-25/h9-12,14-15,19-20,26H,7-8,13H2,1-6H3,(H,32,33)/t19-,20-/m0/s1. The Morgan fingerprint density at radius 1 is 1.14 bits per heavy atom. The van der Waals surface area contributed by atoms with Crippen molar-refractivity contribution < 1.29 is 24.0 Å². The lowest BCUT2D eigenvalue weighted by Crippen LogP contribution is -2.50. The molecule has 4 rings (SSSR count). The van der Waals surface area contributed by atoms with Crippen molar-refractivity contribution in [2.45, 2.75) is 77.7 Å². The molecule has 2 aliphatic rings. The average molecular weight is 483 g/mol. The lowest BCUT2D eigenvalue weighted by Gasteiger charge is -2.32. The van der Waals surface area contributed by atoms with E-state index in [4.69, 9.17) is 14.4 Å². The summed E-state index contributed by atoms with van der Waals surface area (Å²) in [5, 5.41) is 20.1. The van der Waals surface area contributed by atoms with E-state index in [1.165, 1.54) is 0 Å². The fourth-order valence-corrected chi connectivity index (χ4v) is 4.48. The minimum absolute atomic E-state index is 0.168. The van der Waals surface area contributed by atoms with E-state index in [1.54, 1.807) is 9.58 Å². The molecule has 0 bridgehead atoms. The van der Waals surface area contributed by atoms with E-state index in [0.717, 1.165) is 24.0 Å². The van der Waals surface area contributed by atoms with Gasteiger partial charge in [0.05, 0.1) is 29.1 Å². The van der Waals surface area contributed by atoms with Gasteiger partial charge in [-0.3, -0.25) is 4.79 Å². The van der Waals surface area contributed by atoms with Crippen LogP contribution in [0.15, 0.2) is 30.5 Å². The second kappa shape index (κ2) is 9.27. The van der Waals surface area contributed by atoms with Gasteiger partial charge in [-0.25, -0.2) is 9.48 Å². The molecule has 188 valence electrons. The lowest BCUT2D eigenvalue weighted by molar-refractivity contribution is -0.135. The fraction of sp³-hybridized carbons (Fsp3) is 0.583. The molecule has 35 heavy (non-hydrogen) atoms. The molecule has 2 N–H and O–H groups in total. The van der Waals surface area contributed by atoms with Crippen LogP contribution >= 0.6 is 0 Å². The number of nitrogens with zero attached hydrogens (tertiary/aromatic N) is 4. The van der Waals surface area contributed by atoms with Crippen molar-refractivity contribution in [3.63, 3.8) is 0 Å². The van der Waals surface area contributed by atoms with Crippen molar-refractivity contribution in [3.8, 4) is 5.69 Å². The number of rotatable bonds is 6. The minimum atomic E-state index is -1.21. The zero-order chi connectivity index (χ0) is 25.5. The molecule has 2 atom stereocenters. The molecule has 0 saturated carbocycles. The van der Waals surface area contributed by atoms with Gasteiger partial charge in [-0.15, -0.1) is 5.10 Å². The highest BCUT2D eigenvalue weighted by atomic mass is 16.7. The first-order valence-corrected chi connectivity index (χ1v) is 12.1. The van der Waals surface area contributed by atoms with Crippen LogP contribution in [0.2, 0.25) is 0 Å². The van der Waals surface area contributed by atoms with Crippen LogP contribution in [-0.4, -0.2) is 67.9 Å². The number of hydrogen-bond acceptors (Lipinski definition) is 6. The van der Waals surface area contributed by atoms with Crippen LogP contribution in [0.5, 0.6) is 0 Å². The van der Waals surface area contributed by atoms with Crippen molar-refractivity contribution in [3.05, 3.63) is 36.2 Å². The molecule has 0 unspecified atom stereocenters. The van der Waals surface area contributed by atoms with Crippen LogP contribution in [0.1, 0.15) is 66.1 Å². The van der Waals surface area contributed by atoms with Crippen molar-refractivity contribution in [1.82, 2.24) is 25.2 Å². The van der Waals surface area contributed by atoms with E-state index in [2.05, 4.69) is 15.6 Å². The topological polar surface area (TPSA) is 119 Å². The maximum atomic E-state index is 13.2. The second-order valence-corrected chi connectivity index (χ2v) is 10.6. The van der Waals surface area contributed by atoms with E-state index in [-0.39, 0.29) is 17.9 Å². The first kappa shape index (κ1) is 25.2. The number of carbonyl (C=O) groups excluding carboxylic acids is 1. The molecule has 1 aromatic carbocycles. The van der Waals surface area contributed by atoms with Gasteiger partial charge >= 0.3 is 13.2 Å². The molecule has 2 amide bonds. The minimum Gasteiger partial charge on any atom is -0.465 e. The highest BCUT2D eigenvalue weighted by Gasteiger charge is 2.51. The van der Waals surface area contributed by atoms with Crippen LogP contribution < -0.4 is 10.8 Å². The summed E-state index contributed by atoms with van der Waals surface area (Å²) >= 11 is 0. The first-order chi connectivity index (χ1) is 16.4. The highest BCUT2D eigenvalue weighted by Crippen LogP contribution is 2.36. The summed E-state index contributed by atoms with van der Waals surface area (Å²) in [6.45, 7) is 12.3. The Labute approximate surface area is 206 Å². The molecule has 11 heteroatoms. The highest BCUT2D eigenvalue weighted by molar-refractivity contribution is 6.62. The third-order valence-corrected chi connectivity index (χ3v) is 7.28. The van der Waals surface area contributed by atoms with Crippen LogP contribution in [0, 0.1) is 5.92 Å². The third kappa shape index (κ3) is 4.92. The van der Waals surface area contributed by atoms with E-state index >= 15 is 0 Å². The van der Waals surface area contributed by atoms with Gasteiger partial charge in [-0.2, -0.15) is 0 Å². The van der Waals surface area contributed by atoms with Crippen LogP contribution in [-0.2, 0) is 14.1 Å². The molecule has 2 saturated heterocycles. The Bertz CT molecular complexity index is 1070. The number of carboxylic acid groups (broad SMARTS) is 1. The molecule has 10 nitrogen and oxygen atoms in total. The van der Waals surface area contributed by atoms with Gasteiger partial charge in [-0.05, 0) is 64.1 Å². The van der Waals surface area contributed by atoms with Crippen molar-refractivity contribution in [2.75, 3.05) is 6.54 Å². The van der Waals surface area contributed by atoms with Gasteiger partial charge in [0.2, 0.25) is 5.91 Å². The van der Waals surface area contributed by atoms with Crippen LogP contribution in [0.3, 0.4) is 0 Å². The Morgan fingerprint density at radius 3 is 2.34 bits per heavy atom. The second-order valence-electron chi connectivity index (χ2n) is 10.6. The quantitative estimate of drug-likeness (QED) is 0.606. The summed E-state index contributed by atoms with van der Waals surface area (Å²) < 4.78 is 13.9. The zero-order valence-electron chi connectivity index (χ0n) is 21.2. The number of carbonyl (C=O) groups is 2. The van der Waals surface area contributed by atoms with Gasteiger partial charge in [0.25, 0.3) is 0 Å². The van der Waals surface area contributed by atoms with Gasteiger partial charge in [-0.1, -0.05) is 31.2 Å². The summed E-state index contributed by atoms with van der Waals surface area (Å²) in [6, 6.07) is 6.73. The number of benzene rings is 1. The molecule has 3 heterocycles. The van der Waals surface area contributed by atoms with Gasteiger partial charge in [0.15, 0.2) is 0 Å². The number of nitrogens with one attached hydrogen (secondary N) is 1. The predicted octanol–water partition coefficient (Wildman–Crippen LogP) is 2.52. The number of likely N-dealkylation sites (tertiary alicyclic amines) is 1. The molecule has 2 aromatic rings. The Morgan fingerprint density at radius 2 is 1.77 bits per heavy atom. The maximum absolute atomic E-state index is 13.2. The molecule has 0 spiro atoms. The van der Waals surface area contributed by atoms with Gasteiger partial charge in [0.1, 0.15) is 11.7 Å².